The van der Waals surface area contributed by atoms with Crippen LogP contribution in [0.4, 0.5) is 0 Å². The van der Waals surface area contributed by atoms with Gasteiger partial charge < -0.3 is 24.2 Å². The van der Waals surface area contributed by atoms with Crippen LogP contribution in [0.25, 0.3) is 11.4 Å². The summed E-state index contributed by atoms with van der Waals surface area (Å²) in [6.07, 6.45) is 0.204. The normalized spacial score (nSPS) is 15.9. The molecule has 4 rings (SSSR count). The molecule has 9 heteroatoms. The Morgan fingerprint density at radius 3 is 2.75 bits per heavy atom. The summed E-state index contributed by atoms with van der Waals surface area (Å²) in [5.41, 5.74) is 1.50. The van der Waals surface area contributed by atoms with Crippen molar-refractivity contribution in [2.45, 2.75) is 18.9 Å². The molecule has 1 aliphatic rings. The zero-order chi connectivity index (χ0) is 22.5. The van der Waals surface area contributed by atoms with Crippen molar-refractivity contribution in [3.63, 3.8) is 0 Å². The Morgan fingerprint density at radius 2 is 2.00 bits per heavy atom. The van der Waals surface area contributed by atoms with E-state index < -0.39 is 6.04 Å². The average Bonchev–Trinajstić information content (AvgIpc) is 3.29. The van der Waals surface area contributed by atoms with Crippen LogP contribution in [-0.2, 0) is 22.4 Å². The largest absolute Gasteiger partial charge is 0.497 e. The quantitative estimate of drug-likeness (QED) is 0.602. The fourth-order valence-corrected chi connectivity index (χ4v) is 3.71. The van der Waals surface area contributed by atoms with Crippen LogP contribution >= 0.6 is 0 Å². The second-order valence-electron chi connectivity index (χ2n) is 7.33. The predicted molar refractivity (Wildman–Crippen MR) is 115 cm³/mol. The fraction of sp³-hybridized carbons (Fsp3) is 0.304. The molecule has 0 radical (unpaired) electrons. The molecule has 1 saturated heterocycles. The third kappa shape index (κ3) is 4.56. The topological polar surface area (TPSA) is 107 Å². The van der Waals surface area contributed by atoms with Gasteiger partial charge in [0, 0.05) is 24.2 Å². The van der Waals surface area contributed by atoms with Gasteiger partial charge in [-0.05, 0) is 18.2 Å². The predicted octanol–water partition coefficient (Wildman–Crippen LogP) is 1.87. The standard InChI is InChI=1S/C23H24N4O5/c1-30-17-8-9-19(31-2)16(12-17)13-21(28)27-11-10-24-23(29)18(27)14-20-25-22(26-32-20)15-6-4-3-5-7-15/h3-9,12,18H,10-11,13-14H2,1-2H3,(H,24,29). The molecule has 1 aromatic heterocycles. The summed E-state index contributed by atoms with van der Waals surface area (Å²) < 4.78 is 16.0. The molecule has 2 amide bonds. The average molecular weight is 436 g/mol. The summed E-state index contributed by atoms with van der Waals surface area (Å²) in [4.78, 5) is 31.8. The van der Waals surface area contributed by atoms with Crippen molar-refractivity contribution in [1.29, 1.82) is 0 Å². The Bertz CT molecular complexity index is 1100. The number of nitrogens with zero attached hydrogens (tertiary/aromatic N) is 3. The van der Waals surface area contributed by atoms with Crippen molar-refractivity contribution >= 4 is 11.8 Å². The molecule has 0 bridgehead atoms. The molecule has 3 aromatic rings. The minimum atomic E-state index is -0.739. The number of aromatic nitrogens is 2. The van der Waals surface area contributed by atoms with E-state index in [4.69, 9.17) is 14.0 Å². The molecule has 2 heterocycles. The maximum Gasteiger partial charge on any atom is 0.243 e. The molecule has 166 valence electrons. The summed E-state index contributed by atoms with van der Waals surface area (Å²) in [6.45, 7) is 0.774. The molecule has 0 spiro atoms. The highest BCUT2D eigenvalue weighted by Gasteiger charge is 2.35. The molecule has 9 nitrogen and oxygen atoms in total. The lowest BCUT2D eigenvalue weighted by molar-refractivity contribution is -0.142. The number of nitrogens with one attached hydrogen (secondary N) is 1. The first-order valence-corrected chi connectivity index (χ1v) is 10.2. The number of ether oxygens (including phenoxy) is 2. The van der Waals surface area contributed by atoms with Crippen LogP contribution in [0.3, 0.4) is 0 Å². The number of rotatable bonds is 7. The molecule has 1 aliphatic heterocycles. The molecule has 0 aliphatic carbocycles. The second-order valence-corrected chi connectivity index (χ2v) is 7.33. The van der Waals surface area contributed by atoms with Gasteiger partial charge in [0.2, 0.25) is 23.5 Å². The van der Waals surface area contributed by atoms with Crippen molar-refractivity contribution in [2.75, 3.05) is 27.3 Å². The first kappa shape index (κ1) is 21.4. The Kier molecular flexibility index (Phi) is 6.34. The SMILES string of the molecule is COc1ccc(OC)c(CC(=O)N2CCNC(=O)C2Cc2nc(-c3ccccc3)no2)c1. The number of carbonyl (C=O) groups excluding carboxylic acids is 2. The van der Waals surface area contributed by atoms with Gasteiger partial charge in [0.15, 0.2) is 0 Å². The zero-order valence-corrected chi connectivity index (χ0v) is 17.9. The molecule has 1 atom stereocenters. The van der Waals surface area contributed by atoms with Crippen molar-refractivity contribution < 1.29 is 23.6 Å². The molecule has 1 N–H and O–H groups in total. The van der Waals surface area contributed by atoms with Gasteiger partial charge in [0.05, 0.1) is 27.1 Å². The Balaban J connectivity index is 1.52. The minimum Gasteiger partial charge on any atom is -0.497 e. The van der Waals surface area contributed by atoms with E-state index >= 15 is 0 Å². The van der Waals surface area contributed by atoms with E-state index in [1.54, 1.807) is 37.3 Å². The van der Waals surface area contributed by atoms with Gasteiger partial charge in [0.1, 0.15) is 17.5 Å². The highest BCUT2D eigenvalue weighted by molar-refractivity contribution is 5.90. The molecule has 1 unspecified atom stereocenters. The van der Waals surface area contributed by atoms with E-state index in [2.05, 4.69) is 15.5 Å². The van der Waals surface area contributed by atoms with Crippen LogP contribution in [0.15, 0.2) is 53.1 Å². The molecular weight excluding hydrogens is 412 g/mol. The van der Waals surface area contributed by atoms with Gasteiger partial charge in [0.25, 0.3) is 0 Å². The maximum absolute atomic E-state index is 13.2. The lowest BCUT2D eigenvalue weighted by Crippen LogP contribution is -2.58. The monoisotopic (exact) mass is 436 g/mol. The van der Waals surface area contributed by atoms with Crippen LogP contribution in [0.5, 0.6) is 11.5 Å². The lowest BCUT2D eigenvalue weighted by Gasteiger charge is -2.34. The third-order valence-electron chi connectivity index (χ3n) is 5.35. The lowest BCUT2D eigenvalue weighted by atomic mass is 10.0. The van der Waals surface area contributed by atoms with E-state index in [1.165, 1.54) is 0 Å². The van der Waals surface area contributed by atoms with E-state index in [1.807, 2.05) is 30.3 Å². The van der Waals surface area contributed by atoms with Crippen LogP contribution in [0, 0.1) is 0 Å². The van der Waals surface area contributed by atoms with E-state index in [0.717, 1.165) is 5.56 Å². The fourth-order valence-electron chi connectivity index (χ4n) is 3.71. The summed E-state index contributed by atoms with van der Waals surface area (Å²) in [5, 5.41) is 6.82. The summed E-state index contributed by atoms with van der Waals surface area (Å²) in [7, 11) is 3.11. The molecule has 1 fully saturated rings. The Morgan fingerprint density at radius 1 is 1.19 bits per heavy atom. The van der Waals surface area contributed by atoms with Gasteiger partial charge in [-0.25, -0.2) is 0 Å². The molecule has 32 heavy (non-hydrogen) atoms. The number of benzene rings is 2. The van der Waals surface area contributed by atoms with Gasteiger partial charge in [-0.15, -0.1) is 0 Å². The molecular formula is C23H24N4O5. The Hall–Kier alpha value is -3.88. The number of hydrogen-bond donors (Lipinski definition) is 1. The van der Waals surface area contributed by atoms with Gasteiger partial charge >= 0.3 is 0 Å². The van der Waals surface area contributed by atoms with Crippen molar-refractivity contribution in [2.24, 2.45) is 0 Å². The highest BCUT2D eigenvalue weighted by atomic mass is 16.5. The number of piperazine rings is 1. The number of hydrogen-bond acceptors (Lipinski definition) is 7. The summed E-state index contributed by atoms with van der Waals surface area (Å²) in [6, 6.07) is 14.0. The van der Waals surface area contributed by atoms with Crippen LogP contribution in [0.2, 0.25) is 0 Å². The van der Waals surface area contributed by atoms with E-state index in [-0.39, 0.29) is 24.7 Å². The highest BCUT2D eigenvalue weighted by Crippen LogP contribution is 2.26. The van der Waals surface area contributed by atoms with Gasteiger partial charge in [-0.2, -0.15) is 4.98 Å². The first-order valence-electron chi connectivity index (χ1n) is 10.2. The summed E-state index contributed by atoms with van der Waals surface area (Å²) >= 11 is 0. The molecule has 0 saturated carbocycles. The number of amides is 2. The zero-order valence-electron chi connectivity index (χ0n) is 17.9. The summed E-state index contributed by atoms with van der Waals surface area (Å²) in [5.74, 6) is 1.50. The minimum absolute atomic E-state index is 0.0727. The van der Waals surface area contributed by atoms with E-state index in [0.29, 0.717) is 41.9 Å². The first-order chi connectivity index (χ1) is 15.6. The van der Waals surface area contributed by atoms with Crippen molar-refractivity contribution in [3.8, 4) is 22.9 Å². The molecule has 2 aromatic carbocycles. The van der Waals surface area contributed by atoms with Crippen molar-refractivity contribution in [1.82, 2.24) is 20.4 Å². The third-order valence-corrected chi connectivity index (χ3v) is 5.35. The maximum atomic E-state index is 13.2. The van der Waals surface area contributed by atoms with Crippen LogP contribution in [0.1, 0.15) is 11.5 Å². The number of methoxy groups -OCH3 is 2. The number of carbonyl (C=O) groups is 2. The van der Waals surface area contributed by atoms with Crippen LogP contribution in [-0.4, -0.2) is 60.2 Å². The Labute approximate surface area is 185 Å². The van der Waals surface area contributed by atoms with E-state index in [9.17, 15) is 9.59 Å². The second kappa shape index (κ2) is 9.51. The van der Waals surface area contributed by atoms with Crippen molar-refractivity contribution in [3.05, 3.63) is 60.0 Å². The van der Waals surface area contributed by atoms with Gasteiger partial charge in [-0.3, -0.25) is 9.59 Å². The van der Waals surface area contributed by atoms with Gasteiger partial charge in [-0.1, -0.05) is 35.5 Å². The van der Waals surface area contributed by atoms with Crippen LogP contribution < -0.4 is 14.8 Å². The smallest absolute Gasteiger partial charge is 0.243 e.